The van der Waals surface area contributed by atoms with Crippen molar-refractivity contribution in [2.45, 2.75) is 37.6 Å². The van der Waals surface area contributed by atoms with E-state index >= 15 is 0 Å². The molecule has 0 radical (unpaired) electrons. The first-order chi connectivity index (χ1) is 9.87. The van der Waals surface area contributed by atoms with E-state index < -0.39 is 22.0 Å². The minimum Gasteiger partial charge on any atom is -0.494 e. The number of sulfonamides is 1. The highest BCUT2D eigenvalue weighted by Crippen LogP contribution is 2.29. The number of benzene rings is 1. The van der Waals surface area contributed by atoms with Crippen LogP contribution in [-0.4, -0.2) is 43.0 Å². The van der Waals surface area contributed by atoms with Gasteiger partial charge in [0.1, 0.15) is 11.8 Å². The van der Waals surface area contributed by atoms with Crippen LogP contribution < -0.4 is 4.74 Å². The van der Waals surface area contributed by atoms with Crippen molar-refractivity contribution in [2.75, 3.05) is 13.2 Å². The van der Waals surface area contributed by atoms with Crippen LogP contribution in [-0.2, 0) is 14.8 Å². The van der Waals surface area contributed by atoms with Gasteiger partial charge in [-0.25, -0.2) is 8.42 Å². The molecule has 0 aromatic heterocycles. The van der Waals surface area contributed by atoms with Crippen LogP contribution in [0.2, 0.25) is 0 Å². The van der Waals surface area contributed by atoms with Gasteiger partial charge in [-0.15, -0.1) is 0 Å². The molecule has 1 aromatic rings. The van der Waals surface area contributed by atoms with Crippen LogP contribution in [0.3, 0.4) is 0 Å². The fraction of sp³-hybridized carbons (Fsp3) is 0.500. The zero-order valence-corrected chi connectivity index (χ0v) is 12.9. The average Bonchev–Trinajstić information content (AvgIpc) is 2.91. The summed E-state index contributed by atoms with van der Waals surface area (Å²) in [5.74, 6) is -0.466. The van der Waals surface area contributed by atoms with Crippen molar-refractivity contribution >= 4 is 16.0 Å². The summed E-state index contributed by atoms with van der Waals surface area (Å²) in [5.41, 5.74) is 0.712. The molecular weight excluding hydrogens is 294 g/mol. The molecular formula is C14H19NO5S. The molecule has 1 aromatic carbocycles. The summed E-state index contributed by atoms with van der Waals surface area (Å²) in [4.78, 5) is 11.3. The number of aliphatic carboxylic acids is 1. The number of hydrogen-bond donors (Lipinski definition) is 1. The second kappa shape index (κ2) is 6.03. The summed E-state index contributed by atoms with van der Waals surface area (Å²) in [7, 11) is -3.79. The lowest BCUT2D eigenvalue weighted by molar-refractivity contribution is -0.140. The summed E-state index contributed by atoms with van der Waals surface area (Å²) < 4.78 is 31.6. The largest absolute Gasteiger partial charge is 0.494 e. The summed E-state index contributed by atoms with van der Waals surface area (Å²) >= 11 is 0. The van der Waals surface area contributed by atoms with Crippen molar-refractivity contribution in [3.05, 3.63) is 23.8 Å². The molecule has 1 saturated heterocycles. The van der Waals surface area contributed by atoms with Gasteiger partial charge in [0.15, 0.2) is 0 Å². The van der Waals surface area contributed by atoms with Gasteiger partial charge in [0.2, 0.25) is 10.0 Å². The van der Waals surface area contributed by atoms with E-state index in [1.807, 2.05) is 6.92 Å². The van der Waals surface area contributed by atoms with E-state index in [9.17, 15) is 13.2 Å². The van der Waals surface area contributed by atoms with Crippen LogP contribution in [0, 0.1) is 6.92 Å². The lowest BCUT2D eigenvalue weighted by atomic mass is 10.2. The molecule has 0 unspecified atom stereocenters. The van der Waals surface area contributed by atoms with Gasteiger partial charge in [0, 0.05) is 6.54 Å². The van der Waals surface area contributed by atoms with E-state index in [-0.39, 0.29) is 11.4 Å². The monoisotopic (exact) mass is 313 g/mol. The highest BCUT2D eigenvalue weighted by atomic mass is 32.2. The molecule has 1 aliphatic heterocycles. The van der Waals surface area contributed by atoms with Gasteiger partial charge in [-0.3, -0.25) is 4.79 Å². The Hall–Kier alpha value is -1.60. The molecule has 0 amide bonds. The molecule has 1 atom stereocenters. The molecule has 1 N–H and O–H groups in total. The van der Waals surface area contributed by atoms with Gasteiger partial charge >= 0.3 is 5.97 Å². The standard InChI is InChI=1S/C14H19NO5S/c1-3-20-13-7-6-11(9-10(13)2)21(18,19)15-8-4-5-12(15)14(16)17/h6-7,9,12H,3-5,8H2,1-2H3,(H,16,17)/t12-/m0/s1. The molecule has 1 fully saturated rings. The van der Waals surface area contributed by atoms with Crippen LogP contribution in [0.15, 0.2) is 23.1 Å². The number of ether oxygens (including phenoxy) is 1. The first-order valence-electron chi connectivity index (χ1n) is 6.86. The maximum Gasteiger partial charge on any atom is 0.322 e. The van der Waals surface area contributed by atoms with Crippen molar-refractivity contribution in [1.29, 1.82) is 0 Å². The van der Waals surface area contributed by atoms with E-state index in [2.05, 4.69) is 0 Å². The van der Waals surface area contributed by atoms with Crippen LogP contribution in [0.25, 0.3) is 0 Å². The Morgan fingerprint density at radius 2 is 2.19 bits per heavy atom. The van der Waals surface area contributed by atoms with E-state index in [0.29, 0.717) is 30.8 Å². The Bertz CT molecular complexity index is 641. The predicted octanol–water partition coefficient (Wildman–Crippen LogP) is 1.63. The highest BCUT2D eigenvalue weighted by Gasteiger charge is 2.39. The molecule has 116 valence electrons. The Morgan fingerprint density at radius 1 is 1.48 bits per heavy atom. The quantitative estimate of drug-likeness (QED) is 0.893. The molecule has 6 nitrogen and oxygen atoms in total. The highest BCUT2D eigenvalue weighted by molar-refractivity contribution is 7.89. The fourth-order valence-corrected chi connectivity index (χ4v) is 4.25. The number of nitrogens with zero attached hydrogens (tertiary/aromatic N) is 1. The zero-order chi connectivity index (χ0) is 15.6. The third kappa shape index (κ3) is 3.03. The normalized spacial score (nSPS) is 19.6. The van der Waals surface area contributed by atoms with Gasteiger partial charge in [-0.1, -0.05) is 0 Å². The van der Waals surface area contributed by atoms with Crippen molar-refractivity contribution in [2.24, 2.45) is 0 Å². The molecule has 21 heavy (non-hydrogen) atoms. The lowest BCUT2D eigenvalue weighted by Gasteiger charge is -2.21. The predicted molar refractivity (Wildman–Crippen MR) is 76.9 cm³/mol. The number of carboxylic acids is 1. The second-order valence-corrected chi connectivity index (χ2v) is 6.86. The van der Waals surface area contributed by atoms with E-state index in [1.54, 1.807) is 13.0 Å². The Balaban J connectivity index is 2.35. The molecule has 0 aliphatic carbocycles. The summed E-state index contributed by atoms with van der Waals surface area (Å²) in [5, 5.41) is 9.14. The summed E-state index contributed by atoms with van der Waals surface area (Å²) in [6, 6.07) is 3.63. The van der Waals surface area contributed by atoms with E-state index in [0.717, 1.165) is 4.31 Å². The van der Waals surface area contributed by atoms with E-state index in [1.165, 1.54) is 12.1 Å². The number of rotatable bonds is 5. The zero-order valence-electron chi connectivity index (χ0n) is 12.1. The number of carboxylic acid groups (broad SMARTS) is 1. The van der Waals surface area contributed by atoms with Gasteiger partial charge < -0.3 is 9.84 Å². The number of carbonyl (C=O) groups is 1. The first-order valence-corrected chi connectivity index (χ1v) is 8.30. The summed E-state index contributed by atoms with van der Waals surface area (Å²) in [6.07, 6.45) is 0.913. The van der Waals surface area contributed by atoms with Crippen LogP contribution in [0.1, 0.15) is 25.3 Å². The van der Waals surface area contributed by atoms with Gasteiger partial charge in [0.05, 0.1) is 11.5 Å². The van der Waals surface area contributed by atoms with Gasteiger partial charge in [0.25, 0.3) is 0 Å². The topological polar surface area (TPSA) is 83.9 Å². The minimum atomic E-state index is -3.79. The molecule has 1 heterocycles. The molecule has 7 heteroatoms. The fourth-order valence-electron chi connectivity index (χ4n) is 2.51. The lowest BCUT2D eigenvalue weighted by Crippen LogP contribution is -2.40. The van der Waals surface area contributed by atoms with Crippen molar-refractivity contribution < 1.29 is 23.1 Å². The summed E-state index contributed by atoms with van der Waals surface area (Å²) in [6.45, 7) is 4.36. The number of aryl methyl sites for hydroxylation is 1. The van der Waals surface area contributed by atoms with Gasteiger partial charge in [-0.05, 0) is 50.5 Å². The Morgan fingerprint density at radius 3 is 2.76 bits per heavy atom. The molecule has 0 bridgehead atoms. The molecule has 0 spiro atoms. The Kier molecular flexibility index (Phi) is 4.53. The minimum absolute atomic E-state index is 0.108. The molecule has 1 aliphatic rings. The van der Waals surface area contributed by atoms with Crippen molar-refractivity contribution in [1.82, 2.24) is 4.31 Å². The van der Waals surface area contributed by atoms with E-state index in [4.69, 9.17) is 9.84 Å². The Labute approximate surface area is 124 Å². The molecule has 2 rings (SSSR count). The van der Waals surface area contributed by atoms with Crippen molar-refractivity contribution in [3.63, 3.8) is 0 Å². The SMILES string of the molecule is CCOc1ccc(S(=O)(=O)N2CCC[C@H]2C(=O)O)cc1C. The third-order valence-corrected chi connectivity index (χ3v) is 5.45. The van der Waals surface area contributed by atoms with Crippen LogP contribution in [0.5, 0.6) is 5.75 Å². The second-order valence-electron chi connectivity index (χ2n) is 4.97. The first kappa shape index (κ1) is 15.8. The maximum absolute atomic E-state index is 12.6. The third-order valence-electron chi connectivity index (χ3n) is 3.54. The van der Waals surface area contributed by atoms with Crippen LogP contribution >= 0.6 is 0 Å². The average molecular weight is 313 g/mol. The molecule has 0 saturated carbocycles. The maximum atomic E-state index is 12.6. The van der Waals surface area contributed by atoms with Gasteiger partial charge in [-0.2, -0.15) is 4.31 Å². The van der Waals surface area contributed by atoms with Crippen LogP contribution in [0.4, 0.5) is 0 Å². The smallest absolute Gasteiger partial charge is 0.322 e. The van der Waals surface area contributed by atoms with Crippen molar-refractivity contribution in [3.8, 4) is 5.75 Å². The number of hydrogen-bond acceptors (Lipinski definition) is 4.